The molecule has 1 aliphatic heterocycles. The number of piperidine rings is 1. The van der Waals surface area contributed by atoms with Crippen molar-refractivity contribution in [2.75, 3.05) is 19.3 Å². The van der Waals surface area contributed by atoms with Gasteiger partial charge in [0, 0.05) is 35.4 Å². The molecule has 0 N–H and O–H groups in total. The maximum absolute atomic E-state index is 11.7. The Morgan fingerprint density at radius 1 is 1.71 bits per heavy atom. The topological polar surface area (TPSA) is 37.4 Å². The largest absolute Gasteiger partial charge is 0.341 e. The number of rotatable bonds is 3. The molecule has 1 heterocycles. The van der Waals surface area contributed by atoms with Gasteiger partial charge in [0.25, 0.3) is 0 Å². The first kappa shape index (κ1) is 12.2. The van der Waals surface area contributed by atoms with E-state index in [-0.39, 0.29) is 16.0 Å². The Hall–Kier alpha value is 0.1000. The van der Waals surface area contributed by atoms with Gasteiger partial charge in [0.15, 0.2) is 0 Å². The van der Waals surface area contributed by atoms with E-state index in [0.717, 1.165) is 19.4 Å². The minimum Gasteiger partial charge on any atom is -0.341 e. The fourth-order valence-corrected chi connectivity index (χ4v) is 2.49. The molecule has 0 spiro atoms. The van der Waals surface area contributed by atoms with Crippen molar-refractivity contribution in [3.63, 3.8) is 0 Å². The van der Waals surface area contributed by atoms with Gasteiger partial charge in [-0.05, 0) is 19.8 Å². The molecule has 0 saturated carbocycles. The molecular weight excluding hydrogens is 266 g/mol. The van der Waals surface area contributed by atoms with E-state index in [9.17, 15) is 9.00 Å². The molecule has 1 aliphatic rings. The van der Waals surface area contributed by atoms with Gasteiger partial charge in [-0.15, -0.1) is 0 Å². The van der Waals surface area contributed by atoms with E-state index in [1.807, 2.05) is 11.8 Å². The van der Waals surface area contributed by atoms with Crippen LogP contribution < -0.4 is 0 Å². The van der Waals surface area contributed by atoms with Crippen LogP contribution in [0.1, 0.15) is 19.8 Å². The van der Waals surface area contributed by atoms with Crippen LogP contribution in [0.25, 0.3) is 0 Å². The number of nitrogens with zero attached hydrogens (tertiary/aromatic N) is 1. The summed E-state index contributed by atoms with van der Waals surface area (Å²) in [6.07, 6.45) is 3.63. The third-order valence-electron chi connectivity index (χ3n) is 2.51. The Morgan fingerprint density at radius 2 is 2.36 bits per heavy atom. The number of halogens is 1. The summed E-state index contributed by atoms with van der Waals surface area (Å²) in [6, 6.07) is 0. The Morgan fingerprint density at radius 3 is 2.93 bits per heavy atom. The molecule has 14 heavy (non-hydrogen) atoms. The summed E-state index contributed by atoms with van der Waals surface area (Å²) < 4.78 is 11.2. The Balaban J connectivity index is 2.51. The lowest BCUT2D eigenvalue weighted by Gasteiger charge is -2.31. The SMILES string of the molecule is CC(CN1CCCC(Br)C1=O)S(C)=O. The van der Waals surface area contributed by atoms with Crippen molar-refractivity contribution in [3.05, 3.63) is 0 Å². The fourth-order valence-electron chi connectivity index (χ4n) is 1.49. The van der Waals surface area contributed by atoms with Crippen LogP contribution in [0, 0.1) is 0 Å². The summed E-state index contributed by atoms with van der Waals surface area (Å²) in [4.78, 5) is 13.4. The molecule has 1 amide bonds. The van der Waals surface area contributed by atoms with Crippen LogP contribution in [-0.2, 0) is 15.6 Å². The van der Waals surface area contributed by atoms with Gasteiger partial charge >= 0.3 is 0 Å². The maximum atomic E-state index is 11.7. The van der Waals surface area contributed by atoms with Crippen LogP contribution in [0.15, 0.2) is 0 Å². The second-order valence-corrected chi connectivity index (χ2v) is 6.61. The van der Waals surface area contributed by atoms with Crippen LogP contribution in [0.4, 0.5) is 0 Å². The molecule has 0 aromatic carbocycles. The lowest BCUT2D eigenvalue weighted by atomic mass is 10.1. The van der Waals surface area contributed by atoms with E-state index in [2.05, 4.69) is 15.9 Å². The molecule has 0 radical (unpaired) electrons. The van der Waals surface area contributed by atoms with Crippen LogP contribution in [0.5, 0.6) is 0 Å². The summed E-state index contributed by atoms with van der Waals surface area (Å²) in [6.45, 7) is 3.34. The van der Waals surface area contributed by atoms with Crippen molar-refractivity contribution in [1.29, 1.82) is 0 Å². The molecule has 0 bridgehead atoms. The van der Waals surface area contributed by atoms with Gasteiger partial charge in [0.1, 0.15) is 0 Å². The highest BCUT2D eigenvalue weighted by atomic mass is 79.9. The van der Waals surface area contributed by atoms with E-state index < -0.39 is 10.8 Å². The fraction of sp³-hybridized carbons (Fsp3) is 0.889. The van der Waals surface area contributed by atoms with Gasteiger partial charge in [-0.25, -0.2) is 0 Å². The molecule has 5 heteroatoms. The number of carbonyl (C=O) groups excluding carboxylic acids is 1. The molecule has 1 fully saturated rings. The van der Waals surface area contributed by atoms with Crippen molar-refractivity contribution < 1.29 is 9.00 Å². The molecule has 0 aromatic rings. The van der Waals surface area contributed by atoms with Gasteiger partial charge < -0.3 is 4.90 Å². The summed E-state index contributed by atoms with van der Waals surface area (Å²) in [5.41, 5.74) is 0. The average molecular weight is 282 g/mol. The predicted octanol–water partition coefficient (Wildman–Crippen LogP) is 1.14. The molecular formula is C9H16BrNO2S. The minimum absolute atomic E-state index is 0.0336. The molecule has 0 aromatic heterocycles. The highest BCUT2D eigenvalue weighted by Gasteiger charge is 2.27. The zero-order chi connectivity index (χ0) is 10.7. The molecule has 3 unspecified atom stereocenters. The smallest absolute Gasteiger partial charge is 0.236 e. The van der Waals surface area contributed by atoms with Crippen molar-refractivity contribution in [2.45, 2.75) is 29.8 Å². The highest BCUT2D eigenvalue weighted by Crippen LogP contribution is 2.18. The normalized spacial score (nSPS) is 27.5. The molecule has 82 valence electrons. The quantitative estimate of drug-likeness (QED) is 0.728. The molecule has 1 saturated heterocycles. The second-order valence-electron chi connectivity index (χ2n) is 3.70. The summed E-state index contributed by atoms with van der Waals surface area (Å²) in [5.74, 6) is 0.147. The van der Waals surface area contributed by atoms with Crippen molar-refractivity contribution in [2.24, 2.45) is 0 Å². The number of likely N-dealkylation sites (tertiary alicyclic amines) is 1. The predicted molar refractivity (Wildman–Crippen MR) is 62.1 cm³/mol. The van der Waals surface area contributed by atoms with Crippen molar-refractivity contribution in [3.8, 4) is 0 Å². The lowest BCUT2D eigenvalue weighted by Crippen LogP contribution is -2.45. The van der Waals surface area contributed by atoms with Gasteiger partial charge in [-0.3, -0.25) is 9.00 Å². The molecule has 0 aliphatic carbocycles. The number of amides is 1. The lowest BCUT2D eigenvalue weighted by molar-refractivity contribution is -0.132. The number of alkyl halides is 1. The zero-order valence-electron chi connectivity index (χ0n) is 8.53. The Bertz CT molecular complexity index is 247. The van der Waals surface area contributed by atoms with Gasteiger partial charge in [-0.2, -0.15) is 0 Å². The summed E-state index contributed by atoms with van der Waals surface area (Å²) in [7, 11) is -0.847. The van der Waals surface area contributed by atoms with Gasteiger partial charge in [-0.1, -0.05) is 15.9 Å². The van der Waals surface area contributed by atoms with Crippen LogP contribution in [0.2, 0.25) is 0 Å². The van der Waals surface area contributed by atoms with Crippen molar-refractivity contribution in [1.82, 2.24) is 4.90 Å². The molecule has 3 atom stereocenters. The number of carbonyl (C=O) groups is 1. The first-order valence-electron chi connectivity index (χ1n) is 4.77. The maximum Gasteiger partial charge on any atom is 0.236 e. The van der Waals surface area contributed by atoms with E-state index in [4.69, 9.17) is 0 Å². The monoisotopic (exact) mass is 281 g/mol. The van der Waals surface area contributed by atoms with E-state index in [1.54, 1.807) is 6.26 Å². The Labute approximate surface area is 95.8 Å². The standard InChI is InChI=1S/C9H16BrNO2S/c1-7(14(2)13)6-11-5-3-4-8(10)9(11)12/h7-8H,3-6H2,1-2H3. The third kappa shape index (κ3) is 3.05. The molecule has 1 rings (SSSR count). The van der Waals surface area contributed by atoms with Gasteiger partial charge in [0.2, 0.25) is 5.91 Å². The first-order valence-corrected chi connectivity index (χ1v) is 7.31. The molecule has 3 nitrogen and oxygen atoms in total. The third-order valence-corrected chi connectivity index (χ3v) is 4.64. The number of hydrogen-bond acceptors (Lipinski definition) is 2. The summed E-state index contributed by atoms with van der Waals surface area (Å²) >= 11 is 3.35. The summed E-state index contributed by atoms with van der Waals surface area (Å²) in [5, 5.41) is 0.0664. The van der Waals surface area contributed by atoms with E-state index in [0.29, 0.717) is 6.54 Å². The average Bonchev–Trinajstić information content (AvgIpc) is 2.12. The van der Waals surface area contributed by atoms with Crippen LogP contribution in [0.3, 0.4) is 0 Å². The van der Waals surface area contributed by atoms with Crippen molar-refractivity contribution >= 4 is 32.6 Å². The Kier molecular flexibility index (Phi) is 4.57. The van der Waals surface area contributed by atoms with Crippen LogP contribution in [-0.4, -0.2) is 44.4 Å². The van der Waals surface area contributed by atoms with Gasteiger partial charge in [0.05, 0.1) is 4.83 Å². The highest BCUT2D eigenvalue weighted by molar-refractivity contribution is 9.10. The first-order chi connectivity index (χ1) is 6.52. The van der Waals surface area contributed by atoms with E-state index >= 15 is 0 Å². The minimum atomic E-state index is -0.847. The van der Waals surface area contributed by atoms with Crippen LogP contribution >= 0.6 is 15.9 Å². The zero-order valence-corrected chi connectivity index (χ0v) is 10.9. The second kappa shape index (κ2) is 5.26. The number of hydrogen-bond donors (Lipinski definition) is 0. The van der Waals surface area contributed by atoms with E-state index in [1.165, 1.54) is 0 Å².